The molecule has 0 amide bonds. The van der Waals surface area contributed by atoms with Crippen LogP contribution in [-0.2, 0) is 13.8 Å². The zero-order valence-electron chi connectivity index (χ0n) is 20.2. The van der Waals surface area contributed by atoms with Gasteiger partial charge in [0, 0.05) is 11.1 Å². The highest BCUT2D eigenvalue weighted by atomic mass is 31.2. The molecule has 1 aliphatic rings. The van der Waals surface area contributed by atoms with Gasteiger partial charge in [-0.2, -0.15) is 4.98 Å². The number of hydrogen-bond donors (Lipinski definition) is 2. The highest BCUT2D eigenvalue weighted by molar-refractivity contribution is 7.49. The molecule has 15 heteroatoms. The van der Waals surface area contributed by atoms with Crippen molar-refractivity contribution in [2.75, 3.05) is 12.3 Å². The van der Waals surface area contributed by atoms with E-state index in [1.165, 1.54) is 30.3 Å². The molecule has 1 saturated heterocycles. The van der Waals surface area contributed by atoms with Crippen molar-refractivity contribution < 1.29 is 32.4 Å². The van der Waals surface area contributed by atoms with Gasteiger partial charge in [0.2, 0.25) is 5.72 Å². The van der Waals surface area contributed by atoms with E-state index in [2.05, 4.69) is 15.0 Å². The van der Waals surface area contributed by atoms with Gasteiger partial charge in [-0.1, -0.05) is 40.5 Å². The Hall–Kier alpha value is -3.93. The molecule has 1 aromatic heterocycles. The molecule has 200 valence electrons. The average Bonchev–Trinajstić information content (AvgIpc) is 3.11. The lowest BCUT2D eigenvalue weighted by molar-refractivity contribution is -0.122. The molecule has 0 spiro atoms. The van der Waals surface area contributed by atoms with Crippen LogP contribution in [0.25, 0.3) is 10.4 Å². The van der Waals surface area contributed by atoms with E-state index in [0.717, 1.165) is 21.9 Å². The molecule has 1 fully saturated rings. The maximum Gasteiger partial charge on any atom is 0.587 e. The Morgan fingerprint density at radius 2 is 1.71 bits per heavy atom. The molecule has 2 heterocycles. The molecule has 0 unspecified atom stereocenters. The number of aliphatic hydroxyl groups is 1. The van der Waals surface area contributed by atoms with Crippen LogP contribution in [0.1, 0.15) is 17.4 Å². The molecular formula is C23H24FN6O7P. The zero-order chi connectivity index (χ0) is 27.5. The van der Waals surface area contributed by atoms with Gasteiger partial charge in [0.1, 0.15) is 23.4 Å². The van der Waals surface area contributed by atoms with Gasteiger partial charge in [-0.3, -0.25) is 9.09 Å². The second kappa shape index (κ2) is 10.8. The number of benzene rings is 2. The molecule has 3 aromatic rings. The minimum absolute atomic E-state index is 0.118. The number of aliphatic hydroxyl groups excluding tert-OH is 1. The predicted molar refractivity (Wildman–Crippen MR) is 133 cm³/mol. The number of anilines is 1. The molecule has 38 heavy (non-hydrogen) atoms. The van der Waals surface area contributed by atoms with Crippen LogP contribution < -0.4 is 20.5 Å². The predicted octanol–water partition coefficient (Wildman–Crippen LogP) is 3.96. The first kappa shape index (κ1) is 27.1. The van der Waals surface area contributed by atoms with E-state index < -0.39 is 44.3 Å². The number of alkyl halides is 1. The Morgan fingerprint density at radius 3 is 2.21 bits per heavy atom. The Labute approximate surface area is 215 Å². The number of azide groups is 1. The van der Waals surface area contributed by atoms with Crippen molar-refractivity contribution in [2.45, 2.75) is 38.1 Å². The van der Waals surface area contributed by atoms with Crippen LogP contribution in [0.3, 0.4) is 0 Å². The molecule has 1 aliphatic heterocycles. The summed E-state index contributed by atoms with van der Waals surface area (Å²) in [5.74, 6) is 0.127. The largest absolute Gasteiger partial charge is 0.587 e. The molecule has 2 aromatic carbocycles. The fourth-order valence-electron chi connectivity index (χ4n) is 3.58. The number of halogens is 1. The van der Waals surface area contributed by atoms with Gasteiger partial charge in [-0.25, -0.2) is 13.8 Å². The van der Waals surface area contributed by atoms with E-state index in [1.807, 2.05) is 13.8 Å². The van der Waals surface area contributed by atoms with Crippen LogP contribution in [0.5, 0.6) is 11.5 Å². The van der Waals surface area contributed by atoms with Gasteiger partial charge in [-0.15, -0.1) is 0 Å². The number of aromatic nitrogens is 2. The second-order valence-corrected chi connectivity index (χ2v) is 10.0. The van der Waals surface area contributed by atoms with Gasteiger partial charge < -0.3 is 24.6 Å². The van der Waals surface area contributed by atoms with Crippen molar-refractivity contribution in [3.63, 3.8) is 0 Å². The molecule has 0 bridgehead atoms. The lowest BCUT2D eigenvalue weighted by atomic mass is 10.1. The Kier molecular flexibility index (Phi) is 7.72. The molecule has 3 N–H and O–H groups in total. The van der Waals surface area contributed by atoms with E-state index in [1.54, 1.807) is 24.3 Å². The lowest BCUT2D eigenvalue weighted by Crippen LogP contribution is -2.44. The van der Waals surface area contributed by atoms with Crippen molar-refractivity contribution in [1.29, 1.82) is 0 Å². The first-order valence-corrected chi connectivity index (χ1v) is 12.7. The maximum absolute atomic E-state index is 15.2. The van der Waals surface area contributed by atoms with Crippen molar-refractivity contribution in [3.05, 3.63) is 92.8 Å². The Morgan fingerprint density at radius 1 is 1.16 bits per heavy atom. The fourth-order valence-corrected chi connectivity index (χ4v) is 4.83. The van der Waals surface area contributed by atoms with Crippen LogP contribution >= 0.6 is 7.82 Å². The number of phosphoric acid groups is 1. The third-order valence-corrected chi connectivity index (χ3v) is 6.92. The molecule has 4 atom stereocenters. The summed E-state index contributed by atoms with van der Waals surface area (Å²) < 4.78 is 51.7. The van der Waals surface area contributed by atoms with Crippen LogP contribution in [-0.4, -0.2) is 39.3 Å². The van der Waals surface area contributed by atoms with E-state index in [0.29, 0.717) is 0 Å². The molecular weight excluding hydrogens is 522 g/mol. The van der Waals surface area contributed by atoms with Gasteiger partial charge in [0.25, 0.3) is 0 Å². The van der Waals surface area contributed by atoms with Crippen molar-refractivity contribution in [1.82, 2.24) is 9.55 Å². The molecule has 0 aliphatic carbocycles. The van der Waals surface area contributed by atoms with E-state index in [9.17, 15) is 14.5 Å². The summed E-state index contributed by atoms with van der Waals surface area (Å²) in [5, 5.41) is 14.1. The van der Waals surface area contributed by atoms with E-state index >= 15 is 4.39 Å². The fraction of sp³-hybridized carbons (Fsp3) is 0.304. The summed E-state index contributed by atoms with van der Waals surface area (Å²) in [6.07, 6.45) is -5.08. The first-order valence-electron chi connectivity index (χ1n) is 11.2. The van der Waals surface area contributed by atoms with Crippen molar-refractivity contribution in [3.8, 4) is 11.5 Å². The van der Waals surface area contributed by atoms with Crippen molar-refractivity contribution >= 4 is 13.6 Å². The van der Waals surface area contributed by atoms with Gasteiger partial charge in [0.15, 0.2) is 12.4 Å². The number of nitrogen functional groups attached to an aromatic ring is 1. The third kappa shape index (κ3) is 5.80. The summed E-state index contributed by atoms with van der Waals surface area (Å²) in [6, 6.07) is 14.1. The van der Waals surface area contributed by atoms with E-state index in [-0.39, 0.29) is 17.3 Å². The number of ether oxygens (including phenoxy) is 1. The molecule has 13 nitrogen and oxygen atoms in total. The molecule has 4 rings (SSSR count). The standard InChI is InChI=1S/C23H24FN6O7P/c1-14-3-7-16(8-4-14)36-38(33,37-17-9-5-15(2)6-10-17)34-13-23(28-29-26)20(31)19(24)21(35-23)30-12-11-18(25)27-22(30)32/h3-12,19-21,31H,13H2,1-2H3,(H2,25,27,32)/t19-,20+,21-,23-/m1/s1. The highest BCUT2D eigenvalue weighted by Gasteiger charge is 2.57. The Bertz CT molecular complexity index is 1400. The normalized spacial score (nSPS) is 23.0. The van der Waals surface area contributed by atoms with Crippen LogP contribution in [0.2, 0.25) is 0 Å². The Balaban J connectivity index is 1.64. The monoisotopic (exact) mass is 546 g/mol. The molecule has 0 saturated carbocycles. The third-order valence-electron chi connectivity index (χ3n) is 5.61. The number of nitrogens with two attached hydrogens (primary N) is 1. The van der Waals surface area contributed by atoms with Gasteiger partial charge in [-0.05, 0) is 49.7 Å². The topological polar surface area (TPSA) is 184 Å². The van der Waals surface area contributed by atoms with Crippen molar-refractivity contribution in [2.24, 2.45) is 5.11 Å². The van der Waals surface area contributed by atoms with Crippen LogP contribution in [0, 0.1) is 13.8 Å². The summed E-state index contributed by atoms with van der Waals surface area (Å²) in [4.78, 5) is 18.4. The van der Waals surface area contributed by atoms with Gasteiger partial charge in [0.05, 0.1) is 6.61 Å². The summed E-state index contributed by atoms with van der Waals surface area (Å²) >= 11 is 0. The number of phosphoric ester groups is 1. The zero-order valence-corrected chi connectivity index (χ0v) is 21.1. The quantitative estimate of drug-likeness (QED) is 0.173. The number of hydrogen-bond acceptors (Lipinski definition) is 10. The summed E-state index contributed by atoms with van der Waals surface area (Å²) in [7, 11) is -4.56. The van der Waals surface area contributed by atoms with Crippen LogP contribution in [0.4, 0.5) is 10.2 Å². The summed E-state index contributed by atoms with van der Waals surface area (Å²) in [5.41, 5.74) is 13.0. The average molecular weight is 546 g/mol. The minimum Gasteiger partial charge on any atom is -0.395 e. The van der Waals surface area contributed by atoms with Crippen LogP contribution in [0.15, 0.2) is 70.7 Å². The van der Waals surface area contributed by atoms with Gasteiger partial charge >= 0.3 is 13.5 Å². The number of rotatable bonds is 9. The minimum atomic E-state index is -4.56. The maximum atomic E-state index is 15.2. The highest BCUT2D eigenvalue weighted by Crippen LogP contribution is 2.52. The number of nitrogens with zero attached hydrogens (tertiary/aromatic N) is 5. The summed E-state index contributed by atoms with van der Waals surface area (Å²) in [6.45, 7) is 2.72. The first-order chi connectivity index (χ1) is 18.0. The number of aryl methyl sites for hydroxylation is 2. The second-order valence-electron chi connectivity index (χ2n) is 8.50. The molecule has 0 radical (unpaired) electrons. The smallest absolute Gasteiger partial charge is 0.395 e. The SMILES string of the molecule is Cc1ccc(OP(=O)(OC[C@@]2(N=[N+]=[N-])O[C@@H](n3ccc(N)nc3=O)[C@H](F)[C@@H]2O)Oc2ccc(C)cc2)cc1. The lowest BCUT2D eigenvalue weighted by Gasteiger charge is -2.28. The van der Waals surface area contributed by atoms with E-state index in [4.69, 9.17) is 29.6 Å².